The number of thiazole rings is 1. The van der Waals surface area contributed by atoms with E-state index in [0.717, 1.165) is 5.69 Å². The Morgan fingerprint density at radius 1 is 1.45 bits per heavy atom. The summed E-state index contributed by atoms with van der Waals surface area (Å²) in [6.45, 7) is 6.27. The van der Waals surface area contributed by atoms with E-state index in [4.69, 9.17) is 0 Å². The Morgan fingerprint density at radius 2 is 2.27 bits per heavy atom. The van der Waals surface area contributed by atoms with Gasteiger partial charge in [-0.1, -0.05) is 6.08 Å². The van der Waals surface area contributed by atoms with Gasteiger partial charge in [0.15, 0.2) is 5.71 Å². The number of aromatic nitrogens is 1. The van der Waals surface area contributed by atoms with Gasteiger partial charge in [-0.3, -0.25) is 4.79 Å². The number of halogens is 1. The fourth-order valence-corrected chi connectivity index (χ4v) is 3.00. The third kappa shape index (κ3) is 2.50. The predicted molar refractivity (Wildman–Crippen MR) is 84.4 cm³/mol. The van der Waals surface area contributed by atoms with E-state index in [-0.39, 0.29) is 11.6 Å². The first-order valence-electron chi connectivity index (χ1n) is 6.59. The van der Waals surface area contributed by atoms with Crippen molar-refractivity contribution in [2.45, 2.75) is 13.5 Å². The van der Waals surface area contributed by atoms with Crippen LogP contribution in [0.5, 0.6) is 0 Å². The number of nitrogens with one attached hydrogen (secondary N) is 1. The molecule has 3 rings (SSSR count). The van der Waals surface area contributed by atoms with E-state index < -0.39 is 5.82 Å². The van der Waals surface area contributed by atoms with Gasteiger partial charge in [0, 0.05) is 23.2 Å². The topological polar surface area (TPSA) is 58.8 Å². The summed E-state index contributed by atoms with van der Waals surface area (Å²) in [7, 11) is 0. The highest BCUT2D eigenvalue weighted by atomic mass is 32.1. The quantitative estimate of drug-likeness (QED) is 0.686. The molecule has 1 aromatic carbocycles. The number of benzene rings is 1. The van der Waals surface area contributed by atoms with Gasteiger partial charge in [-0.25, -0.2) is 4.39 Å². The highest BCUT2D eigenvalue weighted by molar-refractivity contribution is 7.07. The van der Waals surface area contributed by atoms with Crippen LogP contribution in [-0.4, -0.2) is 16.2 Å². The minimum absolute atomic E-state index is 0.116. The van der Waals surface area contributed by atoms with Crippen LogP contribution in [0.25, 0.3) is 0 Å². The second-order valence-corrected chi connectivity index (χ2v) is 5.59. The number of amides is 1. The first-order chi connectivity index (χ1) is 10.6. The molecule has 0 aliphatic carbocycles. The second-order valence-electron chi connectivity index (χ2n) is 4.75. The lowest BCUT2D eigenvalue weighted by atomic mass is 10.1. The molecule has 2 aromatic rings. The highest BCUT2D eigenvalue weighted by Crippen LogP contribution is 2.24. The summed E-state index contributed by atoms with van der Waals surface area (Å²) >= 11 is 1.42. The zero-order valence-electron chi connectivity index (χ0n) is 11.8. The lowest BCUT2D eigenvalue weighted by Gasteiger charge is -1.99. The van der Waals surface area contributed by atoms with Crippen LogP contribution in [0.4, 0.5) is 10.1 Å². The summed E-state index contributed by atoms with van der Waals surface area (Å²) in [5.74, 6) is -0.801. The molecule has 112 valence electrons. The number of hydrogen-bond acceptors (Lipinski definition) is 4. The normalized spacial score (nSPS) is 16.0. The van der Waals surface area contributed by atoms with Crippen molar-refractivity contribution in [3.63, 3.8) is 0 Å². The standard InChI is InChI=1S/C15H13FN4OS/c1-3-6-20-9(2)8-22-15(20)19-18-13-11-7-10(16)4-5-12(11)17-14(13)21/h3-5,7-8H,1,6H2,2H3,(H,17,18,21). The van der Waals surface area contributed by atoms with E-state index in [9.17, 15) is 9.18 Å². The Kier molecular flexibility index (Phi) is 3.72. The zero-order chi connectivity index (χ0) is 15.7. The lowest BCUT2D eigenvalue weighted by molar-refractivity contribution is -0.110. The molecule has 1 amide bonds. The molecule has 0 saturated carbocycles. The summed E-state index contributed by atoms with van der Waals surface area (Å²) in [5, 5.41) is 12.8. The maximum absolute atomic E-state index is 13.4. The van der Waals surface area contributed by atoms with Crippen molar-refractivity contribution in [1.29, 1.82) is 0 Å². The van der Waals surface area contributed by atoms with Gasteiger partial charge in [0.1, 0.15) is 5.82 Å². The van der Waals surface area contributed by atoms with Crippen molar-refractivity contribution < 1.29 is 9.18 Å². The van der Waals surface area contributed by atoms with Crippen LogP contribution in [0.1, 0.15) is 11.3 Å². The number of nitrogens with zero attached hydrogens (tertiary/aromatic N) is 3. The first kappa shape index (κ1) is 14.4. The van der Waals surface area contributed by atoms with E-state index in [0.29, 0.717) is 22.6 Å². The summed E-state index contributed by atoms with van der Waals surface area (Å²) in [5.41, 5.74) is 2.12. The maximum atomic E-state index is 13.4. The molecular weight excluding hydrogens is 303 g/mol. The molecule has 0 radical (unpaired) electrons. The van der Waals surface area contributed by atoms with Crippen molar-refractivity contribution in [3.05, 3.63) is 58.1 Å². The first-order valence-corrected chi connectivity index (χ1v) is 7.47. The number of fused-ring (bicyclic) bond motifs is 1. The molecule has 7 heteroatoms. The fourth-order valence-electron chi connectivity index (χ4n) is 2.16. The van der Waals surface area contributed by atoms with Crippen LogP contribution in [0, 0.1) is 12.7 Å². The number of anilines is 1. The molecule has 0 atom stereocenters. The summed E-state index contributed by atoms with van der Waals surface area (Å²) in [6, 6.07) is 4.08. The Bertz CT molecular complexity index is 863. The van der Waals surface area contributed by atoms with Gasteiger partial charge in [0.2, 0.25) is 4.80 Å². The van der Waals surface area contributed by atoms with E-state index >= 15 is 0 Å². The fraction of sp³-hybridized carbons (Fsp3) is 0.133. The van der Waals surface area contributed by atoms with Gasteiger partial charge in [0.05, 0.1) is 5.69 Å². The molecule has 0 fully saturated rings. The number of aryl methyl sites for hydroxylation is 1. The zero-order valence-corrected chi connectivity index (χ0v) is 12.7. The minimum Gasteiger partial charge on any atom is -0.320 e. The Morgan fingerprint density at radius 3 is 3.05 bits per heavy atom. The molecule has 0 spiro atoms. The lowest BCUT2D eigenvalue weighted by Crippen LogP contribution is -2.17. The molecule has 22 heavy (non-hydrogen) atoms. The summed E-state index contributed by atoms with van der Waals surface area (Å²) in [4.78, 5) is 12.6. The molecule has 0 saturated heterocycles. The Labute approximate surface area is 130 Å². The van der Waals surface area contributed by atoms with Crippen molar-refractivity contribution in [3.8, 4) is 0 Å². The second kappa shape index (κ2) is 5.69. The van der Waals surface area contributed by atoms with Crippen LogP contribution in [0.3, 0.4) is 0 Å². The molecule has 1 N–H and O–H groups in total. The molecule has 0 unspecified atom stereocenters. The third-order valence-electron chi connectivity index (χ3n) is 3.24. The molecule has 2 heterocycles. The van der Waals surface area contributed by atoms with Gasteiger partial charge < -0.3 is 9.88 Å². The number of rotatable bonds is 3. The molecule has 1 aliphatic heterocycles. The smallest absolute Gasteiger partial charge is 0.276 e. The number of carbonyl (C=O) groups is 1. The van der Waals surface area contributed by atoms with Gasteiger partial charge in [-0.05, 0) is 25.1 Å². The monoisotopic (exact) mass is 316 g/mol. The van der Waals surface area contributed by atoms with Crippen LogP contribution in [0.2, 0.25) is 0 Å². The molecule has 1 aromatic heterocycles. The van der Waals surface area contributed by atoms with Crippen molar-refractivity contribution in [2.24, 2.45) is 10.2 Å². The van der Waals surface area contributed by atoms with Crippen molar-refractivity contribution in [1.82, 2.24) is 4.57 Å². The van der Waals surface area contributed by atoms with Crippen molar-refractivity contribution in [2.75, 3.05) is 5.32 Å². The molecular formula is C15H13FN4OS. The van der Waals surface area contributed by atoms with Crippen LogP contribution < -0.4 is 10.1 Å². The molecule has 0 bridgehead atoms. The van der Waals surface area contributed by atoms with E-state index in [1.165, 1.54) is 29.5 Å². The van der Waals surface area contributed by atoms with Gasteiger partial charge in [-0.2, -0.15) is 0 Å². The average molecular weight is 316 g/mol. The summed E-state index contributed by atoms with van der Waals surface area (Å²) in [6.07, 6.45) is 1.76. The van der Waals surface area contributed by atoms with Crippen molar-refractivity contribution >= 4 is 28.6 Å². The summed E-state index contributed by atoms with van der Waals surface area (Å²) < 4.78 is 15.3. The molecule has 1 aliphatic rings. The van der Waals surface area contributed by atoms with E-state index in [1.54, 1.807) is 6.08 Å². The van der Waals surface area contributed by atoms with Gasteiger partial charge >= 0.3 is 0 Å². The van der Waals surface area contributed by atoms with Crippen LogP contribution in [0.15, 0.2) is 46.4 Å². The Balaban J connectivity index is 2.07. The molecule has 5 nitrogen and oxygen atoms in total. The van der Waals surface area contributed by atoms with Crippen LogP contribution in [-0.2, 0) is 11.3 Å². The number of hydrogen-bond donors (Lipinski definition) is 1. The highest BCUT2D eigenvalue weighted by Gasteiger charge is 2.26. The third-order valence-corrected chi connectivity index (χ3v) is 4.21. The van der Waals surface area contributed by atoms with Crippen LogP contribution >= 0.6 is 11.3 Å². The largest absolute Gasteiger partial charge is 0.320 e. The SMILES string of the molecule is C=CCn1c(C)csc1=NN=C1C(=O)Nc2ccc(F)cc21. The van der Waals surface area contributed by atoms with Gasteiger partial charge in [0.25, 0.3) is 5.91 Å². The average Bonchev–Trinajstić information content (AvgIpc) is 2.98. The van der Waals surface area contributed by atoms with E-state index in [2.05, 4.69) is 22.1 Å². The number of allylic oxidation sites excluding steroid dienone is 1. The Hall–Kier alpha value is -2.54. The van der Waals surface area contributed by atoms with E-state index in [1.807, 2.05) is 16.9 Å². The maximum Gasteiger partial charge on any atom is 0.276 e. The number of carbonyl (C=O) groups excluding carboxylic acids is 1. The predicted octanol–water partition coefficient (Wildman–Crippen LogP) is 2.44. The van der Waals surface area contributed by atoms with Gasteiger partial charge in [-0.15, -0.1) is 28.1 Å². The minimum atomic E-state index is -0.420.